The summed E-state index contributed by atoms with van der Waals surface area (Å²) in [5, 5.41) is -0.179. The maximum atomic E-state index is 14.3. The molecular formula is C34H52O14Si. The number of fused-ring (bicyclic) bond motifs is 2. The van der Waals surface area contributed by atoms with Gasteiger partial charge in [0, 0.05) is 34.2 Å². The summed E-state index contributed by atoms with van der Waals surface area (Å²) in [5.41, 5.74) is 0.791. The zero-order valence-electron chi connectivity index (χ0n) is 29.9. The first-order valence-corrected chi connectivity index (χ1v) is 19.4. The molecule has 3 heterocycles. The number of ketones is 1. The number of ether oxygens (including phenoxy) is 10. The van der Waals surface area contributed by atoms with E-state index in [1.165, 1.54) is 28.3 Å². The molecule has 3 fully saturated rings. The van der Waals surface area contributed by atoms with Crippen molar-refractivity contribution in [3.05, 3.63) is 35.9 Å². The van der Waals surface area contributed by atoms with Crippen LogP contribution in [0, 0.1) is 11.8 Å². The smallest absolute Gasteiger partial charge is 0.312 e. The van der Waals surface area contributed by atoms with Crippen LogP contribution in [0.5, 0.6) is 0 Å². The van der Waals surface area contributed by atoms with Crippen LogP contribution in [0.2, 0.25) is 18.1 Å². The van der Waals surface area contributed by atoms with E-state index in [1.807, 2.05) is 30.3 Å². The van der Waals surface area contributed by atoms with Gasteiger partial charge in [-0.1, -0.05) is 51.1 Å². The minimum atomic E-state index is -2.46. The third kappa shape index (κ3) is 9.33. The molecule has 14 nitrogen and oxygen atoms in total. The van der Waals surface area contributed by atoms with E-state index in [4.69, 9.17) is 51.8 Å². The summed E-state index contributed by atoms with van der Waals surface area (Å²) in [4.78, 5) is 39.5. The molecule has 15 heteroatoms. The predicted molar refractivity (Wildman–Crippen MR) is 174 cm³/mol. The number of Topliss-reactive ketones (excluding diaryl/α,β-unsaturated/α-hetero) is 1. The largest absolute Gasteiger partial charge is 0.461 e. The summed E-state index contributed by atoms with van der Waals surface area (Å²) in [7, 11) is 1.99. The molecule has 3 saturated heterocycles. The molecule has 3 aliphatic heterocycles. The first-order chi connectivity index (χ1) is 23.2. The van der Waals surface area contributed by atoms with Crippen molar-refractivity contribution in [2.45, 2.75) is 108 Å². The van der Waals surface area contributed by atoms with Crippen LogP contribution in [0.25, 0.3) is 0 Å². The fraction of sp³-hybridized carbons (Fsp3) is 0.735. The molecule has 276 valence electrons. The number of carbonyl (C=O) groups is 3. The molecule has 0 amide bonds. The Morgan fingerprint density at radius 3 is 2.04 bits per heavy atom. The van der Waals surface area contributed by atoms with Gasteiger partial charge in [0.2, 0.25) is 5.78 Å². The first kappa shape index (κ1) is 39.5. The second-order valence-corrected chi connectivity index (χ2v) is 18.8. The zero-order valence-corrected chi connectivity index (χ0v) is 30.9. The molecule has 1 aromatic carbocycles. The Labute approximate surface area is 289 Å². The van der Waals surface area contributed by atoms with E-state index in [-0.39, 0.29) is 38.4 Å². The van der Waals surface area contributed by atoms with Gasteiger partial charge in [0.15, 0.2) is 20.7 Å². The van der Waals surface area contributed by atoms with Crippen molar-refractivity contribution in [2.24, 2.45) is 11.8 Å². The molecule has 1 unspecified atom stereocenters. The summed E-state index contributed by atoms with van der Waals surface area (Å²) in [6.45, 7) is 11.4. The Hall–Kier alpha value is -2.31. The van der Waals surface area contributed by atoms with Crippen molar-refractivity contribution in [1.82, 2.24) is 0 Å². The predicted octanol–water partition coefficient (Wildman–Crippen LogP) is 3.35. The van der Waals surface area contributed by atoms with E-state index in [0.29, 0.717) is 0 Å². The second kappa shape index (κ2) is 17.3. The molecule has 49 heavy (non-hydrogen) atoms. The summed E-state index contributed by atoms with van der Waals surface area (Å²) < 4.78 is 64.8. The Morgan fingerprint density at radius 2 is 1.47 bits per heavy atom. The van der Waals surface area contributed by atoms with E-state index in [0.717, 1.165) is 5.56 Å². The van der Waals surface area contributed by atoms with E-state index in [1.54, 1.807) is 0 Å². The molecule has 4 rings (SSSR count). The highest BCUT2D eigenvalue weighted by molar-refractivity contribution is 6.74. The third-order valence-electron chi connectivity index (χ3n) is 9.61. The van der Waals surface area contributed by atoms with E-state index in [9.17, 15) is 14.4 Å². The summed E-state index contributed by atoms with van der Waals surface area (Å²) >= 11 is 0. The molecule has 0 radical (unpaired) electrons. The molecule has 0 aliphatic carbocycles. The van der Waals surface area contributed by atoms with Crippen LogP contribution in [0.4, 0.5) is 0 Å². The Morgan fingerprint density at radius 1 is 0.878 bits per heavy atom. The lowest BCUT2D eigenvalue weighted by Gasteiger charge is -2.39. The van der Waals surface area contributed by atoms with Gasteiger partial charge in [-0.3, -0.25) is 14.4 Å². The van der Waals surface area contributed by atoms with Crippen LogP contribution >= 0.6 is 0 Å². The van der Waals surface area contributed by atoms with Crippen molar-refractivity contribution in [3.63, 3.8) is 0 Å². The fourth-order valence-corrected chi connectivity index (χ4v) is 7.35. The van der Waals surface area contributed by atoms with Gasteiger partial charge in [-0.2, -0.15) is 0 Å². The van der Waals surface area contributed by atoms with E-state index < -0.39 is 86.9 Å². The molecule has 0 saturated carbocycles. The molecule has 0 aromatic heterocycles. The summed E-state index contributed by atoms with van der Waals surface area (Å²) in [6.07, 6.45) is -7.40. The van der Waals surface area contributed by atoms with Gasteiger partial charge in [-0.15, -0.1) is 0 Å². The monoisotopic (exact) mass is 712 g/mol. The van der Waals surface area contributed by atoms with Crippen LogP contribution in [-0.2, 0) is 72.8 Å². The van der Waals surface area contributed by atoms with Gasteiger partial charge >= 0.3 is 11.9 Å². The third-order valence-corrected chi connectivity index (χ3v) is 14.0. The highest BCUT2D eigenvalue weighted by Gasteiger charge is 2.64. The van der Waals surface area contributed by atoms with Crippen molar-refractivity contribution in [2.75, 3.05) is 41.7 Å². The van der Waals surface area contributed by atoms with Crippen LogP contribution in [0.1, 0.15) is 39.7 Å². The Bertz CT molecular complexity index is 1240. The highest BCUT2D eigenvalue weighted by Crippen LogP contribution is 2.47. The lowest BCUT2D eigenvalue weighted by molar-refractivity contribution is -0.177. The molecular weight excluding hydrogens is 660 g/mol. The standard InChI is InChI=1S/C34H52O14Si/c1-20(35)45-29-24(36)28-25(42-17-38-5)22(26(29)46-28)15-23(32(37)41-16-21-13-11-10-12-14-21)27-30(43-18-39-6)31(44-19-40-7)33(47-27)48-49(8,9)34(2,3)4/h10-14,22-23,25-31,33H,15-19H2,1-9H3/t22-,23+,25+,26+,27-,28+,29-,30-,31+,33?/m1/s1. The number of hydrogen-bond acceptors (Lipinski definition) is 14. The van der Waals surface area contributed by atoms with Gasteiger partial charge in [0.1, 0.15) is 57.5 Å². The van der Waals surface area contributed by atoms with Gasteiger partial charge in [-0.25, -0.2) is 0 Å². The fourth-order valence-electron chi connectivity index (χ4n) is 6.22. The van der Waals surface area contributed by atoms with Gasteiger partial charge in [-0.05, 0) is 30.1 Å². The highest BCUT2D eigenvalue weighted by atomic mass is 28.4. The SMILES string of the molecule is COCO[C@@H]1[C@@H]([C@H](C[C@H]2[C@@H]3O[C@@H](C(=O)[C@H]3OC(C)=O)[C@H]2OCOC)C(=O)OCc2ccccc2)OC(O[Si](C)(C)C(C)(C)C)[C@H]1OCOC. The van der Waals surface area contributed by atoms with E-state index in [2.05, 4.69) is 33.9 Å². The molecule has 1 aromatic rings. The summed E-state index contributed by atoms with van der Waals surface area (Å²) in [6, 6.07) is 9.28. The second-order valence-electron chi connectivity index (χ2n) is 14.0. The lowest BCUT2D eigenvalue weighted by Crippen LogP contribution is -2.52. The van der Waals surface area contributed by atoms with Gasteiger partial charge in [0.25, 0.3) is 0 Å². The minimum absolute atomic E-state index is 0.00533. The first-order valence-electron chi connectivity index (χ1n) is 16.5. The maximum Gasteiger partial charge on any atom is 0.312 e. The topological polar surface area (TPSA) is 153 Å². The van der Waals surface area contributed by atoms with Crippen molar-refractivity contribution in [1.29, 1.82) is 0 Å². The molecule has 0 spiro atoms. The number of carbonyl (C=O) groups excluding carboxylic acids is 3. The van der Waals surface area contributed by atoms with Crippen LogP contribution in [0.15, 0.2) is 30.3 Å². The number of rotatable bonds is 18. The zero-order chi connectivity index (χ0) is 35.9. The van der Waals surface area contributed by atoms with Crippen molar-refractivity contribution < 1.29 is 66.2 Å². The van der Waals surface area contributed by atoms with Gasteiger partial charge in [0.05, 0.1) is 12.0 Å². The Kier molecular flexibility index (Phi) is 13.9. The number of esters is 2. The number of hydrogen-bond donors (Lipinski definition) is 0. The molecule has 3 aliphatic rings. The van der Waals surface area contributed by atoms with E-state index >= 15 is 0 Å². The average Bonchev–Trinajstić information content (AvgIpc) is 3.68. The average molecular weight is 713 g/mol. The molecule has 0 N–H and O–H groups in total. The molecule has 2 bridgehead atoms. The van der Waals surface area contributed by atoms with Crippen LogP contribution < -0.4 is 0 Å². The maximum absolute atomic E-state index is 14.3. The number of benzene rings is 1. The number of methoxy groups -OCH3 is 3. The summed E-state index contributed by atoms with van der Waals surface area (Å²) in [5.74, 6) is -3.24. The quantitative estimate of drug-likeness (QED) is 0.124. The van der Waals surface area contributed by atoms with Crippen molar-refractivity contribution in [3.8, 4) is 0 Å². The molecule has 10 atom stereocenters. The van der Waals surface area contributed by atoms with Crippen LogP contribution in [0.3, 0.4) is 0 Å². The normalized spacial score (nSPS) is 30.5. The van der Waals surface area contributed by atoms with Crippen molar-refractivity contribution >= 4 is 26.0 Å². The Balaban J connectivity index is 1.73. The minimum Gasteiger partial charge on any atom is -0.461 e. The van der Waals surface area contributed by atoms with Crippen LogP contribution in [-0.4, -0.2) is 117 Å². The van der Waals surface area contributed by atoms with Gasteiger partial charge < -0.3 is 51.8 Å². The lowest BCUT2D eigenvalue weighted by atomic mass is 9.76.